The lowest BCUT2D eigenvalue weighted by Crippen LogP contribution is -2.48. The van der Waals surface area contributed by atoms with Crippen LogP contribution >= 0.6 is 0 Å². The van der Waals surface area contributed by atoms with E-state index >= 15 is 0 Å². The van der Waals surface area contributed by atoms with Crippen LogP contribution in [0.1, 0.15) is 24.8 Å². The minimum Gasteiger partial charge on any atom is -0.370 e. The summed E-state index contributed by atoms with van der Waals surface area (Å²) in [5, 5.41) is 10.2. The van der Waals surface area contributed by atoms with Crippen LogP contribution < -0.4 is 11.1 Å². The van der Waals surface area contributed by atoms with Crippen LogP contribution in [0, 0.1) is 5.41 Å². The van der Waals surface area contributed by atoms with Gasteiger partial charge in [0, 0.05) is 13.1 Å². The standard InChI is InChI=1S/C14H21N5/c15-13(16)18-14(19-9-5-2-6-10-19)17-11-12-7-3-1-4-8-12/h1,3-4,7-8H,2,5-6,9-11H2,(H4,15,16,17,18). The SMILES string of the molecule is N=C(N)N/C(=N/Cc1ccccc1)N1CCCCC1. The smallest absolute Gasteiger partial charge is 0.201 e. The number of aliphatic imine (C=N–C) groups is 1. The van der Waals surface area contributed by atoms with E-state index in [1.54, 1.807) is 0 Å². The van der Waals surface area contributed by atoms with Crippen LogP contribution in [0.2, 0.25) is 0 Å². The maximum Gasteiger partial charge on any atom is 0.201 e. The Balaban J connectivity index is 2.05. The second kappa shape index (κ2) is 6.78. The van der Waals surface area contributed by atoms with Gasteiger partial charge >= 0.3 is 0 Å². The van der Waals surface area contributed by atoms with Crippen molar-refractivity contribution in [3.05, 3.63) is 35.9 Å². The zero-order valence-corrected chi connectivity index (χ0v) is 11.1. The molecule has 1 aliphatic heterocycles. The number of guanidine groups is 2. The summed E-state index contributed by atoms with van der Waals surface area (Å²) in [5.74, 6) is 0.661. The fourth-order valence-corrected chi connectivity index (χ4v) is 2.19. The van der Waals surface area contributed by atoms with Crippen molar-refractivity contribution in [3.63, 3.8) is 0 Å². The highest BCUT2D eigenvalue weighted by atomic mass is 15.3. The van der Waals surface area contributed by atoms with E-state index in [9.17, 15) is 0 Å². The highest BCUT2D eigenvalue weighted by Crippen LogP contribution is 2.09. The molecule has 0 atom stereocenters. The average molecular weight is 259 g/mol. The Morgan fingerprint density at radius 2 is 1.89 bits per heavy atom. The number of rotatable bonds is 2. The first-order valence-electron chi connectivity index (χ1n) is 6.70. The number of benzene rings is 1. The monoisotopic (exact) mass is 259 g/mol. The summed E-state index contributed by atoms with van der Waals surface area (Å²) in [7, 11) is 0. The van der Waals surface area contributed by atoms with E-state index < -0.39 is 0 Å². The Kier molecular flexibility index (Phi) is 4.78. The third-order valence-corrected chi connectivity index (χ3v) is 3.16. The van der Waals surface area contributed by atoms with E-state index in [4.69, 9.17) is 11.1 Å². The van der Waals surface area contributed by atoms with Crippen LogP contribution in [-0.2, 0) is 6.54 Å². The first kappa shape index (κ1) is 13.4. The van der Waals surface area contributed by atoms with Gasteiger partial charge in [-0.3, -0.25) is 10.7 Å². The predicted octanol–water partition coefficient (Wildman–Crippen LogP) is 1.51. The molecule has 0 amide bonds. The van der Waals surface area contributed by atoms with Gasteiger partial charge in [0.15, 0.2) is 5.96 Å². The van der Waals surface area contributed by atoms with Gasteiger partial charge in [0.05, 0.1) is 6.54 Å². The average Bonchev–Trinajstić information content (AvgIpc) is 2.45. The van der Waals surface area contributed by atoms with Crippen LogP contribution in [0.25, 0.3) is 0 Å². The molecule has 0 unspecified atom stereocenters. The maximum absolute atomic E-state index is 7.39. The summed E-state index contributed by atoms with van der Waals surface area (Å²) in [4.78, 5) is 6.74. The third-order valence-electron chi connectivity index (χ3n) is 3.16. The van der Waals surface area contributed by atoms with E-state index in [1.807, 2.05) is 30.3 Å². The molecule has 1 saturated heterocycles. The molecule has 1 fully saturated rings. The Morgan fingerprint density at radius 1 is 1.21 bits per heavy atom. The molecule has 0 saturated carbocycles. The van der Waals surface area contributed by atoms with E-state index in [0.29, 0.717) is 6.54 Å². The van der Waals surface area contributed by atoms with Crippen LogP contribution in [0.3, 0.4) is 0 Å². The van der Waals surface area contributed by atoms with Gasteiger partial charge in [-0.05, 0) is 24.8 Å². The van der Waals surface area contributed by atoms with E-state index in [2.05, 4.69) is 15.2 Å². The van der Waals surface area contributed by atoms with Crippen molar-refractivity contribution in [1.29, 1.82) is 5.41 Å². The molecule has 102 valence electrons. The fraction of sp³-hybridized carbons (Fsp3) is 0.429. The number of hydrogen-bond donors (Lipinski definition) is 3. The first-order chi connectivity index (χ1) is 9.25. The van der Waals surface area contributed by atoms with E-state index in [1.165, 1.54) is 19.3 Å². The van der Waals surface area contributed by atoms with Crippen molar-refractivity contribution in [2.45, 2.75) is 25.8 Å². The second-order valence-corrected chi connectivity index (χ2v) is 4.71. The predicted molar refractivity (Wildman–Crippen MR) is 78.1 cm³/mol. The van der Waals surface area contributed by atoms with E-state index in [0.717, 1.165) is 24.6 Å². The Bertz CT molecular complexity index is 434. The number of nitrogens with zero attached hydrogens (tertiary/aromatic N) is 2. The van der Waals surface area contributed by atoms with Gasteiger partial charge < -0.3 is 10.6 Å². The molecule has 0 aromatic heterocycles. The zero-order chi connectivity index (χ0) is 13.5. The number of nitrogens with two attached hydrogens (primary N) is 1. The lowest BCUT2D eigenvalue weighted by molar-refractivity contribution is 0.335. The van der Waals surface area contributed by atoms with Crippen molar-refractivity contribution in [3.8, 4) is 0 Å². The van der Waals surface area contributed by atoms with Crippen molar-refractivity contribution >= 4 is 11.9 Å². The molecule has 19 heavy (non-hydrogen) atoms. The van der Waals surface area contributed by atoms with Crippen molar-refractivity contribution in [1.82, 2.24) is 10.2 Å². The Hall–Kier alpha value is -2.04. The van der Waals surface area contributed by atoms with Crippen LogP contribution in [0.15, 0.2) is 35.3 Å². The van der Waals surface area contributed by atoms with Gasteiger partial charge in [-0.1, -0.05) is 30.3 Å². The minimum absolute atomic E-state index is 0.0580. The van der Waals surface area contributed by atoms with Gasteiger partial charge in [-0.15, -0.1) is 0 Å². The lowest BCUT2D eigenvalue weighted by atomic mass is 10.1. The molecular formula is C14H21N5. The summed E-state index contributed by atoms with van der Waals surface area (Å²) in [5.41, 5.74) is 6.59. The first-order valence-corrected chi connectivity index (χ1v) is 6.70. The summed E-state index contributed by atoms with van der Waals surface area (Å²) in [6.07, 6.45) is 3.61. The Labute approximate surface area is 114 Å². The maximum atomic E-state index is 7.39. The quantitative estimate of drug-likeness (QED) is 0.556. The van der Waals surface area contributed by atoms with Crippen molar-refractivity contribution in [2.75, 3.05) is 13.1 Å². The summed E-state index contributed by atoms with van der Waals surface area (Å²) >= 11 is 0. The highest BCUT2D eigenvalue weighted by molar-refractivity contribution is 5.96. The minimum atomic E-state index is -0.0580. The van der Waals surface area contributed by atoms with Crippen molar-refractivity contribution < 1.29 is 0 Å². The lowest BCUT2D eigenvalue weighted by Gasteiger charge is -2.29. The molecule has 4 N–H and O–H groups in total. The summed E-state index contributed by atoms with van der Waals surface area (Å²) < 4.78 is 0. The summed E-state index contributed by atoms with van der Waals surface area (Å²) in [6, 6.07) is 10.1. The molecule has 1 heterocycles. The number of likely N-dealkylation sites (tertiary alicyclic amines) is 1. The number of hydrogen-bond acceptors (Lipinski definition) is 2. The highest BCUT2D eigenvalue weighted by Gasteiger charge is 2.15. The van der Waals surface area contributed by atoms with Crippen molar-refractivity contribution in [2.24, 2.45) is 10.7 Å². The number of nitrogens with one attached hydrogen (secondary N) is 2. The Morgan fingerprint density at radius 3 is 2.53 bits per heavy atom. The molecule has 0 radical (unpaired) electrons. The molecule has 5 nitrogen and oxygen atoms in total. The fourth-order valence-electron chi connectivity index (χ4n) is 2.19. The van der Waals surface area contributed by atoms with Crippen LogP contribution in [0.5, 0.6) is 0 Å². The van der Waals surface area contributed by atoms with Gasteiger partial charge in [0.2, 0.25) is 5.96 Å². The molecule has 0 spiro atoms. The van der Waals surface area contributed by atoms with Crippen LogP contribution in [-0.4, -0.2) is 29.9 Å². The second-order valence-electron chi connectivity index (χ2n) is 4.71. The molecular weight excluding hydrogens is 238 g/mol. The molecule has 1 aromatic carbocycles. The molecule has 0 bridgehead atoms. The molecule has 1 aromatic rings. The molecule has 0 aliphatic carbocycles. The largest absolute Gasteiger partial charge is 0.370 e. The number of piperidine rings is 1. The van der Waals surface area contributed by atoms with Gasteiger partial charge in [0.25, 0.3) is 0 Å². The molecule has 1 aliphatic rings. The third kappa shape index (κ3) is 4.28. The van der Waals surface area contributed by atoms with Gasteiger partial charge in [-0.25, -0.2) is 4.99 Å². The van der Waals surface area contributed by atoms with Crippen LogP contribution in [0.4, 0.5) is 0 Å². The van der Waals surface area contributed by atoms with Gasteiger partial charge in [-0.2, -0.15) is 0 Å². The topological polar surface area (TPSA) is 77.5 Å². The van der Waals surface area contributed by atoms with E-state index in [-0.39, 0.29) is 5.96 Å². The van der Waals surface area contributed by atoms with Gasteiger partial charge in [0.1, 0.15) is 0 Å². The summed E-state index contributed by atoms with van der Waals surface area (Å²) in [6.45, 7) is 2.56. The zero-order valence-electron chi connectivity index (χ0n) is 11.1. The normalized spacial score (nSPS) is 16.2. The molecule has 2 rings (SSSR count). The molecule has 5 heteroatoms.